The van der Waals surface area contributed by atoms with Crippen molar-refractivity contribution in [2.45, 2.75) is 0 Å². The molecule has 2 aromatic heterocycles. The third-order valence-electron chi connectivity index (χ3n) is 2.29. The Bertz CT molecular complexity index is 584. The molecule has 0 aliphatic heterocycles. The summed E-state index contributed by atoms with van der Waals surface area (Å²) in [5, 5.41) is 3.14. The summed E-state index contributed by atoms with van der Waals surface area (Å²) in [5.41, 5.74) is 2.07. The van der Waals surface area contributed by atoms with Crippen LogP contribution < -0.4 is 0 Å². The molecule has 2 heteroatoms. The van der Waals surface area contributed by atoms with E-state index in [2.05, 4.69) is 22.5 Å². The first kappa shape index (κ1) is 8.62. The number of benzene rings is 1. The fraction of sp³-hybridized carbons (Fsp3) is 0. The maximum Gasteiger partial charge on any atom is 0.0708 e. The van der Waals surface area contributed by atoms with E-state index in [-0.39, 0.29) is 0 Å². The highest BCUT2D eigenvalue weighted by atomic mass is 32.1. The monoisotopic (exact) mass is 210 g/mol. The van der Waals surface area contributed by atoms with E-state index in [4.69, 9.17) is 0 Å². The van der Waals surface area contributed by atoms with Crippen molar-refractivity contribution in [2.24, 2.45) is 0 Å². The largest absolute Gasteiger partial charge is 0.256 e. The molecule has 0 unspecified atom stereocenters. The molecule has 0 N–H and O–H groups in total. The highest BCUT2D eigenvalue weighted by Gasteiger charge is 2.01. The van der Waals surface area contributed by atoms with Crippen LogP contribution in [0.15, 0.2) is 48.0 Å². The highest BCUT2D eigenvalue weighted by Crippen LogP contribution is 2.25. The summed E-state index contributed by atoms with van der Waals surface area (Å²) in [4.78, 5) is 5.63. The van der Waals surface area contributed by atoms with Gasteiger partial charge in [0.15, 0.2) is 0 Å². The normalized spacial score (nSPS) is 10.7. The van der Waals surface area contributed by atoms with Crippen LogP contribution in [0, 0.1) is 6.07 Å². The second kappa shape index (κ2) is 3.48. The van der Waals surface area contributed by atoms with E-state index >= 15 is 0 Å². The summed E-state index contributed by atoms with van der Waals surface area (Å²) in [6.07, 6.45) is 1.88. The van der Waals surface area contributed by atoms with Gasteiger partial charge in [-0.3, -0.25) is 4.98 Å². The van der Waals surface area contributed by atoms with Crippen molar-refractivity contribution in [1.29, 1.82) is 0 Å². The predicted octanol–water partition coefficient (Wildman–Crippen LogP) is 3.76. The van der Waals surface area contributed by atoms with Gasteiger partial charge in [-0.15, -0.1) is 11.3 Å². The van der Waals surface area contributed by atoms with Gasteiger partial charge >= 0.3 is 0 Å². The molecule has 3 aromatic rings. The van der Waals surface area contributed by atoms with Gasteiger partial charge < -0.3 is 0 Å². The zero-order valence-electron chi connectivity index (χ0n) is 7.97. The third-order valence-corrected chi connectivity index (χ3v) is 3.20. The number of fused-ring (bicyclic) bond motifs is 1. The first-order valence-corrected chi connectivity index (χ1v) is 5.62. The van der Waals surface area contributed by atoms with Crippen LogP contribution in [0.2, 0.25) is 0 Å². The Morgan fingerprint density at radius 3 is 2.87 bits per heavy atom. The van der Waals surface area contributed by atoms with Crippen molar-refractivity contribution in [2.75, 3.05) is 0 Å². The third kappa shape index (κ3) is 1.53. The Morgan fingerprint density at radius 1 is 1.07 bits per heavy atom. The van der Waals surface area contributed by atoms with Crippen LogP contribution >= 0.6 is 11.3 Å². The van der Waals surface area contributed by atoms with Gasteiger partial charge in [0.05, 0.1) is 5.52 Å². The molecule has 0 fully saturated rings. The molecule has 0 aliphatic rings. The van der Waals surface area contributed by atoms with E-state index in [1.807, 2.05) is 36.5 Å². The molecule has 1 aromatic carbocycles. The van der Waals surface area contributed by atoms with E-state index in [0.29, 0.717) is 0 Å². The van der Waals surface area contributed by atoms with Crippen LogP contribution in [0.25, 0.3) is 21.3 Å². The van der Waals surface area contributed by atoms with Gasteiger partial charge in [-0.2, -0.15) is 0 Å². The molecule has 15 heavy (non-hydrogen) atoms. The predicted molar refractivity (Wildman–Crippen MR) is 63.9 cm³/mol. The quantitative estimate of drug-likeness (QED) is 0.596. The number of pyridine rings is 1. The molecule has 1 nitrogen and oxygen atoms in total. The van der Waals surface area contributed by atoms with Crippen LogP contribution in [0.4, 0.5) is 0 Å². The Hall–Kier alpha value is -1.67. The van der Waals surface area contributed by atoms with Crippen molar-refractivity contribution in [1.82, 2.24) is 4.98 Å². The average Bonchev–Trinajstić information content (AvgIpc) is 2.82. The minimum atomic E-state index is 0.998. The van der Waals surface area contributed by atoms with Crippen LogP contribution in [-0.4, -0.2) is 4.98 Å². The Labute approximate surface area is 92.0 Å². The minimum Gasteiger partial charge on any atom is -0.256 e. The van der Waals surface area contributed by atoms with E-state index in [9.17, 15) is 0 Å². The van der Waals surface area contributed by atoms with Gasteiger partial charge in [-0.25, -0.2) is 0 Å². The number of rotatable bonds is 1. The zero-order chi connectivity index (χ0) is 10.1. The lowest BCUT2D eigenvalue weighted by Gasteiger charge is -1.99. The Balaban J connectivity index is 2.22. The molecule has 0 bridgehead atoms. The van der Waals surface area contributed by atoms with Gasteiger partial charge in [0.25, 0.3) is 0 Å². The van der Waals surface area contributed by atoms with Crippen molar-refractivity contribution in [3.8, 4) is 10.4 Å². The summed E-state index contributed by atoms with van der Waals surface area (Å²) in [7, 11) is 0. The molecular formula is C13H8NS. The number of hydrogen-bond donors (Lipinski definition) is 0. The molecule has 0 atom stereocenters. The lowest BCUT2D eigenvalue weighted by atomic mass is 10.1. The van der Waals surface area contributed by atoms with Gasteiger partial charge in [0, 0.05) is 28.1 Å². The van der Waals surface area contributed by atoms with Crippen LogP contribution in [0.5, 0.6) is 0 Å². The Kier molecular flexibility index (Phi) is 2.00. The fourth-order valence-electron chi connectivity index (χ4n) is 1.56. The summed E-state index contributed by atoms with van der Waals surface area (Å²) in [5.74, 6) is 0. The SMILES string of the molecule is [c]1c(-c2cccs2)cnc2ccccc12. The number of thiophene rings is 1. The molecule has 71 valence electrons. The van der Waals surface area contributed by atoms with Crippen LogP contribution in [0.3, 0.4) is 0 Å². The number of aromatic nitrogens is 1. The molecule has 3 rings (SSSR count). The first-order chi connectivity index (χ1) is 7.43. The first-order valence-electron chi connectivity index (χ1n) is 4.74. The topological polar surface area (TPSA) is 12.9 Å². The summed E-state index contributed by atoms with van der Waals surface area (Å²) >= 11 is 1.71. The smallest absolute Gasteiger partial charge is 0.0708 e. The second-order valence-electron chi connectivity index (χ2n) is 3.29. The Morgan fingerprint density at radius 2 is 2.00 bits per heavy atom. The molecule has 0 aliphatic carbocycles. The fourth-order valence-corrected chi connectivity index (χ4v) is 2.25. The second-order valence-corrected chi connectivity index (χ2v) is 4.24. The molecule has 2 heterocycles. The van der Waals surface area contributed by atoms with Crippen LogP contribution in [0.1, 0.15) is 0 Å². The summed E-state index contributed by atoms with van der Waals surface area (Å²) < 4.78 is 0. The molecule has 0 saturated carbocycles. The van der Waals surface area contributed by atoms with Crippen molar-refractivity contribution >= 4 is 22.2 Å². The van der Waals surface area contributed by atoms with E-state index in [1.165, 1.54) is 4.88 Å². The number of nitrogens with zero attached hydrogens (tertiary/aromatic N) is 1. The lowest BCUT2D eigenvalue weighted by molar-refractivity contribution is 1.41. The molecular weight excluding hydrogens is 202 g/mol. The van der Waals surface area contributed by atoms with Crippen molar-refractivity contribution in [3.63, 3.8) is 0 Å². The van der Waals surface area contributed by atoms with Gasteiger partial charge in [0.2, 0.25) is 0 Å². The standard InChI is InChI=1S/C13H8NS/c1-2-5-12-10(4-1)8-11(9-14-12)13-6-3-7-15-13/h1-7,9H. The minimum absolute atomic E-state index is 0.998. The molecule has 0 spiro atoms. The summed E-state index contributed by atoms with van der Waals surface area (Å²) in [6.45, 7) is 0. The maximum atomic E-state index is 4.41. The van der Waals surface area contributed by atoms with Crippen molar-refractivity contribution < 1.29 is 0 Å². The maximum absolute atomic E-state index is 4.41. The zero-order valence-corrected chi connectivity index (χ0v) is 8.79. The van der Waals surface area contributed by atoms with Gasteiger partial charge in [0.1, 0.15) is 0 Å². The molecule has 1 radical (unpaired) electrons. The summed E-state index contributed by atoms with van der Waals surface area (Å²) in [6, 6.07) is 15.6. The highest BCUT2D eigenvalue weighted by molar-refractivity contribution is 7.13. The van der Waals surface area contributed by atoms with E-state index < -0.39 is 0 Å². The average molecular weight is 210 g/mol. The van der Waals surface area contributed by atoms with Crippen molar-refractivity contribution in [3.05, 3.63) is 54.0 Å². The van der Waals surface area contributed by atoms with E-state index in [0.717, 1.165) is 16.5 Å². The van der Waals surface area contributed by atoms with Gasteiger partial charge in [-0.1, -0.05) is 24.3 Å². The molecule has 0 saturated heterocycles. The lowest BCUT2D eigenvalue weighted by Crippen LogP contribution is -1.80. The number of para-hydroxylation sites is 1. The molecule has 0 amide bonds. The van der Waals surface area contributed by atoms with Crippen LogP contribution in [-0.2, 0) is 0 Å². The van der Waals surface area contributed by atoms with Gasteiger partial charge in [-0.05, 0) is 17.5 Å². The van der Waals surface area contributed by atoms with E-state index in [1.54, 1.807) is 11.3 Å². The number of hydrogen-bond acceptors (Lipinski definition) is 2.